The number of aromatic nitrogens is 3. The van der Waals surface area contributed by atoms with E-state index in [1.54, 1.807) is 6.92 Å². The molecule has 1 fully saturated rings. The van der Waals surface area contributed by atoms with E-state index in [2.05, 4.69) is 10.1 Å². The Kier molecular flexibility index (Phi) is 9.68. The van der Waals surface area contributed by atoms with Gasteiger partial charge in [-0.15, -0.1) is 11.8 Å². The smallest absolute Gasteiger partial charge is 0.382 e. The van der Waals surface area contributed by atoms with E-state index >= 15 is 0 Å². The van der Waals surface area contributed by atoms with Crippen LogP contribution in [-0.2, 0) is 21.6 Å². The first-order valence-corrected chi connectivity index (χ1v) is 13.4. The molecular weight excluding hydrogens is 577 g/mol. The summed E-state index contributed by atoms with van der Waals surface area (Å²) in [4.78, 5) is 3.85. The number of rotatable bonds is 9. The van der Waals surface area contributed by atoms with Crippen molar-refractivity contribution in [1.29, 1.82) is 0 Å². The molecule has 2 heterocycles. The topological polar surface area (TPSA) is 69.4 Å². The lowest BCUT2D eigenvalue weighted by molar-refractivity contribution is -0.146. The van der Waals surface area contributed by atoms with Crippen LogP contribution in [0.2, 0.25) is 5.02 Å². The number of benzene rings is 2. The highest BCUT2D eigenvalue weighted by molar-refractivity contribution is 8.00. The van der Waals surface area contributed by atoms with Gasteiger partial charge < -0.3 is 14.6 Å². The van der Waals surface area contributed by atoms with Crippen molar-refractivity contribution in [2.45, 2.75) is 42.0 Å². The van der Waals surface area contributed by atoms with Gasteiger partial charge in [0.2, 0.25) is 0 Å². The van der Waals surface area contributed by atoms with E-state index in [1.807, 2.05) is 0 Å². The van der Waals surface area contributed by atoms with Gasteiger partial charge >= 0.3 is 6.18 Å². The largest absolute Gasteiger partial charge is 0.416 e. The van der Waals surface area contributed by atoms with Crippen molar-refractivity contribution in [3.8, 4) is 0 Å². The van der Waals surface area contributed by atoms with Crippen molar-refractivity contribution < 1.29 is 36.5 Å². The molecule has 214 valence electrons. The normalized spacial score (nSPS) is 20.9. The van der Waals surface area contributed by atoms with Crippen molar-refractivity contribution in [2.24, 2.45) is 0 Å². The zero-order valence-corrected chi connectivity index (χ0v) is 22.6. The van der Waals surface area contributed by atoms with Gasteiger partial charge in [0.15, 0.2) is 6.29 Å². The first-order chi connectivity index (χ1) is 19.0. The molecule has 0 saturated carbocycles. The summed E-state index contributed by atoms with van der Waals surface area (Å²) in [5.74, 6) is -1.68. The number of nitrogens with zero attached hydrogens (tertiary/aromatic N) is 3. The molecule has 1 N–H and O–H groups in total. The zero-order valence-electron chi connectivity index (χ0n) is 21.1. The van der Waals surface area contributed by atoms with E-state index in [0.29, 0.717) is 11.1 Å². The molecule has 1 aliphatic rings. The molecule has 0 bridgehead atoms. The van der Waals surface area contributed by atoms with Gasteiger partial charge in [-0.1, -0.05) is 42.8 Å². The molecule has 13 heteroatoms. The molecule has 0 amide bonds. The summed E-state index contributed by atoms with van der Waals surface area (Å²) in [7, 11) is 0. The van der Waals surface area contributed by atoms with E-state index in [-0.39, 0.29) is 36.1 Å². The molecule has 1 saturated heterocycles. The average molecular weight is 602 g/mol. The summed E-state index contributed by atoms with van der Waals surface area (Å²) in [6.45, 7) is 1.85. The van der Waals surface area contributed by atoms with Crippen LogP contribution in [0, 0.1) is 11.6 Å². The van der Waals surface area contributed by atoms with E-state index in [0.717, 1.165) is 12.1 Å². The summed E-state index contributed by atoms with van der Waals surface area (Å²) in [5, 5.41) is 15.0. The van der Waals surface area contributed by atoms with Crippen LogP contribution in [0.25, 0.3) is 5.57 Å². The fourth-order valence-corrected chi connectivity index (χ4v) is 5.60. The predicted octanol–water partition coefficient (Wildman–Crippen LogP) is 6.16. The van der Waals surface area contributed by atoms with Crippen molar-refractivity contribution in [2.75, 3.05) is 13.2 Å². The number of hydrogen-bond acceptors (Lipinski definition) is 6. The van der Waals surface area contributed by atoms with Crippen LogP contribution in [-0.4, -0.2) is 56.1 Å². The second-order valence-corrected chi connectivity index (χ2v) is 11.1. The Hall–Kier alpha value is -2.77. The number of aliphatic hydroxyl groups is 1. The third kappa shape index (κ3) is 7.49. The van der Waals surface area contributed by atoms with Gasteiger partial charge in [-0.05, 0) is 35.9 Å². The summed E-state index contributed by atoms with van der Waals surface area (Å²) >= 11 is 7.05. The molecule has 1 aliphatic heterocycles. The van der Waals surface area contributed by atoms with Gasteiger partial charge in [0.05, 0.1) is 30.6 Å². The molecule has 6 nitrogen and oxygen atoms in total. The predicted molar refractivity (Wildman–Crippen MR) is 141 cm³/mol. The van der Waals surface area contributed by atoms with Gasteiger partial charge in [0, 0.05) is 21.9 Å². The lowest BCUT2D eigenvalue weighted by atomic mass is 9.90. The van der Waals surface area contributed by atoms with E-state index in [4.69, 9.17) is 21.1 Å². The van der Waals surface area contributed by atoms with Crippen LogP contribution in [0.15, 0.2) is 73.3 Å². The highest BCUT2D eigenvalue weighted by Gasteiger charge is 2.41. The Labute approximate surface area is 236 Å². The lowest BCUT2D eigenvalue weighted by Gasteiger charge is -2.37. The summed E-state index contributed by atoms with van der Waals surface area (Å²) in [6.07, 6.45) is 0.689. The first-order valence-electron chi connectivity index (χ1n) is 12.1. The minimum Gasteiger partial charge on any atom is -0.382 e. The molecule has 2 atom stereocenters. The Morgan fingerprint density at radius 2 is 1.88 bits per heavy atom. The quantitative estimate of drug-likeness (QED) is 0.234. The minimum atomic E-state index is -4.59. The molecule has 0 radical (unpaired) electrons. The highest BCUT2D eigenvalue weighted by atomic mass is 35.5. The van der Waals surface area contributed by atoms with Crippen LogP contribution >= 0.6 is 23.4 Å². The summed E-state index contributed by atoms with van der Waals surface area (Å²) in [6, 6.07) is 8.29. The lowest BCUT2D eigenvalue weighted by Crippen LogP contribution is -2.43. The number of ether oxygens (including phenoxy) is 2. The van der Waals surface area contributed by atoms with E-state index in [1.165, 1.54) is 71.6 Å². The third-order valence-corrected chi connectivity index (χ3v) is 7.93. The average Bonchev–Trinajstić information content (AvgIpc) is 3.40. The Bertz CT molecular complexity index is 1330. The maximum atomic E-state index is 14.7. The number of thioether (sulfide) groups is 1. The van der Waals surface area contributed by atoms with Crippen LogP contribution in [0.5, 0.6) is 0 Å². The second-order valence-electron chi connectivity index (χ2n) is 9.05. The minimum absolute atomic E-state index is 0.0338. The Balaban J connectivity index is 1.41. The SMILES string of the molecule is C[C@@H](SC1COC(/C=C/C=C(/c2ccc(Cl)cc2)C(F)(F)F)OC1)[C@](O)(Cn1cncn1)c1ccc(F)cc1F. The van der Waals surface area contributed by atoms with Crippen molar-refractivity contribution in [1.82, 2.24) is 14.8 Å². The van der Waals surface area contributed by atoms with Gasteiger partial charge in [-0.2, -0.15) is 18.3 Å². The van der Waals surface area contributed by atoms with Crippen molar-refractivity contribution in [3.63, 3.8) is 0 Å². The third-order valence-electron chi connectivity index (χ3n) is 6.22. The fourth-order valence-electron chi connectivity index (χ4n) is 4.15. The maximum Gasteiger partial charge on any atom is 0.416 e. The van der Waals surface area contributed by atoms with Gasteiger partial charge in [-0.25, -0.2) is 18.4 Å². The molecule has 4 rings (SSSR count). The molecule has 0 spiro atoms. The van der Waals surface area contributed by atoms with Crippen LogP contribution in [0.4, 0.5) is 22.0 Å². The van der Waals surface area contributed by atoms with Crippen LogP contribution < -0.4 is 0 Å². The van der Waals surface area contributed by atoms with Crippen molar-refractivity contribution in [3.05, 3.63) is 101 Å². The van der Waals surface area contributed by atoms with E-state index < -0.39 is 40.5 Å². The number of allylic oxidation sites excluding steroid dienone is 3. The summed E-state index contributed by atoms with van der Waals surface area (Å²) < 4.78 is 81.6. The number of alkyl halides is 3. The molecule has 3 aromatic rings. The highest BCUT2D eigenvalue weighted by Crippen LogP contribution is 2.39. The molecular formula is C27H25ClF5N3O3S. The second kappa shape index (κ2) is 12.8. The maximum absolute atomic E-state index is 14.7. The Morgan fingerprint density at radius 1 is 1.18 bits per heavy atom. The van der Waals surface area contributed by atoms with E-state index in [9.17, 15) is 27.1 Å². The van der Waals surface area contributed by atoms with Gasteiger partial charge in [0.25, 0.3) is 0 Å². The standard InChI is InChI=1S/C27H25ClF5N3O3S/c1-17(26(37,14-36-16-34-15-35-36)23-10-9-20(29)11-24(23)30)40-21-12-38-25(39-13-21)4-2-3-22(27(31,32)33)18-5-7-19(28)8-6-18/h2-11,15-17,21,25,37H,12-14H2,1H3/b4-2+,22-3-/t17-,21?,25?,26-/m1/s1. The molecule has 1 aromatic heterocycles. The van der Waals surface area contributed by atoms with Gasteiger partial charge in [0.1, 0.15) is 29.9 Å². The van der Waals surface area contributed by atoms with Gasteiger partial charge in [-0.3, -0.25) is 0 Å². The monoisotopic (exact) mass is 601 g/mol. The zero-order chi connectivity index (χ0) is 28.9. The molecule has 0 aliphatic carbocycles. The summed E-state index contributed by atoms with van der Waals surface area (Å²) in [5.41, 5.74) is -2.78. The first kappa shape index (κ1) is 30.2. The number of hydrogen-bond donors (Lipinski definition) is 1. The molecule has 2 aromatic carbocycles. The Morgan fingerprint density at radius 3 is 2.48 bits per heavy atom. The van der Waals surface area contributed by atoms with Crippen LogP contribution in [0.3, 0.4) is 0 Å². The number of halogens is 6. The van der Waals surface area contributed by atoms with Crippen molar-refractivity contribution >= 4 is 28.9 Å². The molecule has 0 unspecified atom stereocenters. The fraction of sp³-hybridized carbons (Fsp3) is 0.333. The van der Waals surface area contributed by atoms with Crippen LogP contribution in [0.1, 0.15) is 18.1 Å². The molecule has 40 heavy (non-hydrogen) atoms.